The molecule has 0 saturated carbocycles. The van der Waals surface area contributed by atoms with Crippen LogP contribution in [0.4, 0.5) is 5.82 Å². The molecule has 4 nitrogen and oxygen atoms in total. The number of halogens is 1. The molecule has 2 N–H and O–H groups in total. The van der Waals surface area contributed by atoms with Gasteiger partial charge in [0.2, 0.25) is 0 Å². The quantitative estimate of drug-likeness (QED) is 0.784. The zero-order valence-corrected chi connectivity index (χ0v) is 11.7. The van der Waals surface area contributed by atoms with E-state index in [0.29, 0.717) is 16.7 Å². The van der Waals surface area contributed by atoms with E-state index < -0.39 is 0 Å². The van der Waals surface area contributed by atoms with E-state index in [-0.39, 0.29) is 0 Å². The Kier molecular flexibility index (Phi) is 3.16. The lowest BCUT2D eigenvalue weighted by Gasteiger charge is -2.03. The van der Waals surface area contributed by atoms with Crippen LogP contribution in [0.15, 0.2) is 48.7 Å². The molecular weight excluding hydrogens is 272 g/mol. The monoisotopic (exact) mass is 284 g/mol. The van der Waals surface area contributed by atoms with Crippen LogP contribution in [0.2, 0.25) is 5.02 Å². The van der Waals surface area contributed by atoms with Gasteiger partial charge in [-0.25, -0.2) is 4.98 Å². The molecule has 2 aromatic heterocycles. The maximum Gasteiger partial charge on any atom is 0.155 e. The summed E-state index contributed by atoms with van der Waals surface area (Å²) in [7, 11) is 0. The number of hydrogen-bond acceptors (Lipinski definition) is 3. The summed E-state index contributed by atoms with van der Waals surface area (Å²) < 4.78 is 1.64. The first-order valence-electron chi connectivity index (χ1n) is 6.18. The maximum absolute atomic E-state index is 6.03. The maximum atomic E-state index is 6.03. The van der Waals surface area contributed by atoms with Crippen LogP contribution in [-0.2, 0) is 0 Å². The minimum Gasteiger partial charge on any atom is -0.384 e. The third kappa shape index (κ3) is 2.38. The van der Waals surface area contributed by atoms with Crippen molar-refractivity contribution in [1.29, 1.82) is 0 Å². The molecule has 1 aromatic carbocycles. The van der Waals surface area contributed by atoms with Gasteiger partial charge in [0.1, 0.15) is 5.82 Å². The summed E-state index contributed by atoms with van der Waals surface area (Å²) in [5.41, 5.74) is 8.89. The molecule has 0 aliphatic heterocycles. The lowest BCUT2D eigenvalue weighted by Crippen LogP contribution is -2.03. The van der Waals surface area contributed by atoms with Crippen molar-refractivity contribution in [3.63, 3.8) is 0 Å². The number of aromatic nitrogens is 3. The highest BCUT2D eigenvalue weighted by Gasteiger charge is 2.09. The Balaban J connectivity index is 2.05. The predicted octanol–water partition coefficient (Wildman–Crippen LogP) is 3.48. The number of hydrogen-bond donors (Lipinski definition) is 1. The first-order chi connectivity index (χ1) is 9.63. The van der Waals surface area contributed by atoms with E-state index in [1.165, 1.54) is 0 Å². The zero-order valence-electron chi connectivity index (χ0n) is 10.9. The normalized spacial score (nSPS) is 10.7. The summed E-state index contributed by atoms with van der Waals surface area (Å²) in [6, 6.07) is 13.2. The van der Waals surface area contributed by atoms with Crippen molar-refractivity contribution in [3.05, 3.63) is 59.2 Å². The summed E-state index contributed by atoms with van der Waals surface area (Å²) in [4.78, 5) is 4.29. The number of nitrogens with zero attached hydrogens (tertiary/aromatic N) is 3. The number of aryl methyl sites for hydroxylation is 1. The van der Waals surface area contributed by atoms with Gasteiger partial charge in [-0.05, 0) is 36.8 Å². The van der Waals surface area contributed by atoms with Crippen molar-refractivity contribution in [2.45, 2.75) is 6.92 Å². The second-order valence-electron chi connectivity index (χ2n) is 4.56. The van der Waals surface area contributed by atoms with Gasteiger partial charge in [0, 0.05) is 22.8 Å². The smallest absolute Gasteiger partial charge is 0.155 e. The molecular formula is C15H13ClN4. The average molecular weight is 285 g/mol. The summed E-state index contributed by atoms with van der Waals surface area (Å²) in [6.07, 6.45) is 1.74. The highest BCUT2D eigenvalue weighted by molar-refractivity contribution is 6.30. The van der Waals surface area contributed by atoms with Gasteiger partial charge < -0.3 is 5.73 Å². The summed E-state index contributed by atoms with van der Waals surface area (Å²) >= 11 is 5.89. The average Bonchev–Trinajstić information content (AvgIpc) is 2.82. The Labute approximate surface area is 121 Å². The SMILES string of the molecule is Cc1ccnc(-n2nc(-c3ccc(Cl)cc3)cc2N)c1. The summed E-state index contributed by atoms with van der Waals surface area (Å²) in [5, 5.41) is 5.20. The molecule has 0 atom stereocenters. The number of nitrogens with two attached hydrogens (primary N) is 1. The molecule has 3 aromatic rings. The van der Waals surface area contributed by atoms with Crippen LogP contribution in [0.3, 0.4) is 0 Å². The van der Waals surface area contributed by atoms with Crippen LogP contribution < -0.4 is 5.73 Å². The number of rotatable bonds is 2. The molecule has 3 rings (SSSR count). The molecule has 0 aliphatic carbocycles. The Morgan fingerprint density at radius 1 is 1.10 bits per heavy atom. The standard InChI is InChI=1S/C15H13ClN4/c1-10-6-7-18-15(8-10)20-14(17)9-13(19-20)11-2-4-12(16)5-3-11/h2-9H,17H2,1H3. The lowest BCUT2D eigenvalue weighted by atomic mass is 10.1. The van der Waals surface area contributed by atoms with Crippen molar-refractivity contribution >= 4 is 17.4 Å². The Morgan fingerprint density at radius 3 is 2.55 bits per heavy atom. The highest BCUT2D eigenvalue weighted by atomic mass is 35.5. The van der Waals surface area contributed by atoms with Gasteiger partial charge in [0.25, 0.3) is 0 Å². The van der Waals surface area contributed by atoms with E-state index in [9.17, 15) is 0 Å². The minimum absolute atomic E-state index is 0.549. The first kappa shape index (κ1) is 12.7. The van der Waals surface area contributed by atoms with Crippen molar-refractivity contribution in [2.24, 2.45) is 0 Å². The van der Waals surface area contributed by atoms with Gasteiger partial charge in [-0.2, -0.15) is 9.78 Å². The molecule has 100 valence electrons. The van der Waals surface area contributed by atoms with E-state index >= 15 is 0 Å². The molecule has 0 aliphatic rings. The van der Waals surface area contributed by atoms with Crippen LogP contribution in [0, 0.1) is 6.92 Å². The Morgan fingerprint density at radius 2 is 1.85 bits per heavy atom. The number of pyridine rings is 1. The van der Waals surface area contributed by atoms with Crippen LogP contribution >= 0.6 is 11.6 Å². The zero-order chi connectivity index (χ0) is 14.1. The molecule has 0 unspecified atom stereocenters. The van der Waals surface area contributed by atoms with Gasteiger partial charge in [-0.1, -0.05) is 23.7 Å². The molecule has 0 spiro atoms. The van der Waals surface area contributed by atoms with Gasteiger partial charge in [0.05, 0.1) is 5.69 Å². The molecule has 0 saturated heterocycles. The van der Waals surface area contributed by atoms with E-state index in [1.54, 1.807) is 10.9 Å². The molecule has 0 bridgehead atoms. The fraction of sp³-hybridized carbons (Fsp3) is 0.0667. The fourth-order valence-electron chi connectivity index (χ4n) is 1.98. The third-order valence-electron chi connectivity index (χ3n) is 2.99. The van der Waals surface area contributed by atoms with Crippen molar-refractivity contribution in [3.8, 4) is 17.1 Å². The highest BCUT2D eigenvalue weighted by Crippen LogP contribution is 2.23. The van der Waals surface area contributed by atoms with Crippen LogP contribution in [-0.4, -0.2) is 14.8 Å². The van der Waals surface area contributed by atoms with Gasteiger partial charge in [-0.3, -0.25) is 0 Å². The van der Waals surface area contributed by atoms with Crippen LogP contribution in [0.5, 0.6) is 0 Å². The minimum atomic E-state index is 0.549. The molecule has 20 heavy (non-hydrogen) atoms. The van der Waals surface area contributed by atoms with Crippen molar-refractivity contribution in [2.75, 3.05) is 5.73 Å². The second kappa shape index (κ2) is 4.98. The molecule has 0 fully saturated rings. The topological polar surface area (TPSA) is 56.7 Å². The molecule has 0 amide bonds. The van der Waals surface area contributed by atoms with E-state index in [2.05, 4.69) is 10.1 Å². The second-order valence-corrected chi connectivity index (χ2v) is 5.00. The number of nitrogen functional groups attached to an aromatic ring is 1. The third-order valence-corrected chi connectivity index (χ3v) is 3.25. The van der Waals surface area contributed by atoms with Gasteiger partial charge in [0.15, 0.2) is 5.82 Å². The molecule has 5 heteroatoms. The largest absolute Gasteiger partial charge is 0.384 e. The van der Waals surface area contributed by atoms with Crippen molar-refractivity contribution < 1.29 is 0 Å². The fourth-order valence-corrected chi connectivity index (χ4v) is 2.10. The number of anilines is 1. The Hall–Kier alpha value is -2.33. The summed E-state index contributed by atoms with van der Waals surface area (Å²) in [6.45, 7) is 2.00. The molecule has 0 radical (unpaired) electrons. The first-order valence-corrected chi connectivity index (χ1v) is 6.56. The molecule has 2 heterocycles. The van der Waals surface area contributed by atoms with E-state index in [4.69, 9.17) is 17.3 Å². The van der Waals surface area contributed by atoms with Gasteiger partial charge >= 0.3 is 0 Å². The predicted molar refractivity (Wildman–Crippen MR) is 81.0 cm³/mol. The van der Waals surface area contributed by atoms with Crippen LogP contribution in [0.1, 0.15) is 5.56 Å². The lowest BCUT2D eigenvalue weighted by molar-refractivity contribution is 0.858. The van der Waals surface area contributed by atoms with E-state index in [0.717, 1.165) is 16.8 Å². The Bertz CT molecular complexity index is 747. The number of benzene rings is 1. The van der Waals surface area contributed by atoms with Crippen LogP contribution in [0.25, 0.3) is 17.1 Å². The van der Waals surface area contributed by atoms with E-state index in [1.807, 2.05) is 49.4 Å². The summed E-state index contributed by atoms with van der Waals surface area (Å²) in [5.74, 6) is 1.26. The van der Waals surface area contributed by atoms with Crippen molar-refractivity contribution in [1.82, 2.24) is 14.8 Å². The van der Waals surface area contributed by atoms with Gasteiger partial charge in [-0.15, -0.1) is 0 Å².